The highest BCUT2D eigenvalue weighted by molar-refractivity contribution is 5.76. The molecule has 1 N–H and O–H groups in total. The molecule has 4 nitrogen and oxygen atoms in total. The summed E-state index contributed by atoms with van der Waals surface area (Å²) >= 11 is 0. The van der Waals surface area contributed by atoms with E-state index in [-0.39, 0.29) is 0 Å². The third kappa shape index (κ3) is 2.15. The minimum Gasteiger partial charge on any atom is -0.463 e. The van der Waals surface area contributed by atoms with Crippen LogP contribution in [-0.4, -0.2) is 9.97 Å². The molecule has 3 aromatic heterocycles. The molecule has 0 saturated carbocycles. The number of aromatic amines is 1. The Balaban J connectivity index is 1.88. The Labute approximate surface area is 127 Å². The van der Waals surface area contributed by atoms with Gasteiger partial charge >= 0.3 is 0 Å². The zero-order valence-electron chi connectivity index (χ0n) is 12.0. The minimum atomic E-state index is 0.709. The summed E-state index contributed by atoms with van der Waals surface area (Å²) in [6.45, 7) is 2.06. The Bertz CT molecular complexity index is 818. The van der Waals surface area contributed by atoms with Gasteiger partial charge in [0.1, 0.15) is 17.2 Å². The quantitative estimate of drug-likeness (QED) is 0.583. The van der Waals surface area contributed by atoms with Crippen LogP contribution in [0.3, 0.4) is 0 Å². The van der Waals surface area contributed by atoms with Crippen molar-refractivity contribution in [2.24, 2.45) is 0 Å². The van der Waals surface area contributed by atoms with Gasteiger partial charge in [-0.3, -0.25) is 0 Å². The van der Waals surface area contributed by atoms with E-state index in [9.17, 15) is 0 Å². The van der Waals surface area contributed by atoms with Gasteiger partial charge in [-0.15, -0.1) is 0 Å². The van der Waals surface area contributed by atoms with E-state index in [1.54, 1.807) is 12.5 Å². The molecule has 0 unspecified atom stereocenters. The molecule has 0 amide bonds. The fourth-order valence-electron chi connectivity index (χ4n) is 2.41. The Morgan fingerprint density at radius 1 is 0.864 bits per heavy atom. The van der Waals surface area contributed by atoms with Gasteiger partial charge in [0, 0.05) is 5.56 Å². The van der Waals surface area contributed by atoms with E-state index in [0.29, 0.717) is 5.76 Å². The molecule has 0 atom stereocenters. The maximum absolute atomic E-state index is 5.51. The topological polar surface area (TPSA) is 55.0 Å². The summed E-state index contributed by atoms with van der Waals surface area (Å²) in [5.41, 5.74) is 3.80. The third-order valence-electron chi connectivity index (χ3n) is 3.55. The number of hydrogen-bond donors (Lipinski definition) is 1. The first-order valence-electron chi connectivity index (χ1n) is 7.06. The zero-order valence-corrected chi connectivity index (χ0v) is 12.0. The smallest absolute Gasteiger partial charge is 0.154 e. The lowest BCUT2D eigenvalue weighted by molar-refractivity contribution is 0.573. The molecule has 3 heterocycles. The molecule has 0 radical (unpaired) electrons. The first-order valence-corrected chi connectivity index (χ1v) is 7.06. The van der Waals surface area contributed by atoms with Crippen molar-refractivity contribution >= 4 is 0 Å². The first-order chi connectivity index (χ1) is 10.8. The number of nitrogens with one attached hydrogen (secondary N) is 1. The van der Waals surface area contributed by atoms with Gasteiger partial charge < -0.3 is 13.8 Å². The first kappa shape index (κ1) is 12.7. The predicted molar refractivity (Wildman–Crippen MR) is 84.2 cm³/mol. The van der Waals surface area contributed by atoms with Crippen LogP contribution in [-0.2, 0) is 0 Å². The standard InChI is InChI=1S/C18H14N2O2/c1-12-6-8-13(9-7-12)18-19-16(14-4-2-10-21-14)17(20-18)15-5-3-11-22-15/h2-11H,1H3,(H,19,20). The molecule has 0 spiro atoms. The summed E-state index contributed by atoms with van der Waals surface area (Å²) in [5, 5.41) is 0. The summed E-state index contributed by atoms with van der Waals surface area (Å²) in [6.07, 6.45) is 3.29. The lowest BCUT2D eigenvalue weighted by Gasteiger charge is -1.97. The van der Waals surface area contributed by atoms with Crippen molar-refractivity contribution in [1.29, 1.82) is 0 Å². The molecule has 0 aliphatic carbocycles. The minimum absolute atomic E-state index is 0.709. The largest absolute Gasteiger partial charge is 0.463 e. The van der Waals surface area contributed by atoms with Crippen LogP contribution in [0.25, 0.3) is 34.3 Å². The van der Waals surface area contributed by atoms with Crippen molar-refractivity contribution in [1.82, 2.24) is 9.97 Å². The molecular formula is C18H14N2O2. The SMILES string of the molecule is Cc1ccc(-c2nc(-c3ccco3)c(-c3ccco3)[nH]2)cc1. The summed E-state index contributed by atoms with van der Waals surface area (Å²) in [7, 11) is 0. The second-order valence-electron chi connectivity index (χ2n) is 5.13. The number of aryl methyl sites for hydroxylation is 1. The Kier molecular flexibility index (Phi) is 2.93. The summed E-state index contributed by atoms with van der Waals surface area (Å²) in [4.78, 5) is 8.04. The molecule has 22 heavy (non-hydrogen) atoms. The molecule has 4 heteroatoms. The summed E-state index contributed by atoms with van der Waals surface area (Å²) < 4.78 is 11.0. The van der Waals surface area contributed by atoms with E-state index in [1.165, 1.54) is 5.56 Å². The molecule has 108 valence electrons. The Morgan fingerprint density at radius 3 is 2.18 bits per heavy atom. The van der Waals surface area contributed by atoms with Crippen LogP contribution in [0, 0.1) is 6.92 Å². The monoisotopic (exact) mass is 290 g/mol. The van der Waals surface area contributed by atoms with Crippen molar-refractivity contribution in [2.75, 3.05) is 0 Å². The predicted octanol–water partition coefficient (Wildman–Crippen LogP) is 4.91. The normalized spacial score (nSPS) is 11.0. The molecule has 0 aliphatic heterocycles. The number of aromatic nitrogens is 2. The van der Waals surface area contributed by atoms with Crippen LogP contribution in [0.1, 0.15) is 5.56 Å². The van der Waals surface area contributed by atoms with Crippen LogP contribution in [0.4, 0.5) is 0 Å². The van der Waals surface area contributed by atoms with E-state index >= 15 is 0 Å². The van der Waals surface area contributed by atoms with Gasteiger partial charge in [-0.25, -0.2) is 4.98 Å². The van der Waals surface area contributed by atoms with Gasteiger partial charge in [0.2, 0.25) is 0 Å². The maximum atomic E-state index is 5.51. The highest BCUT2D eigenvalue weighted by Crippen LogP contribution is 2.33. The van der Waals surface area contributed by atoms with Crippen LogP contribution in [0.15, 0.2) is 69.9 Å². The third-order valence-corrected chi connectivity index (χ3v) is 3.55. The van der Waals surface area contributed by atoms with Crippen LogP contribution in [0.2, 0.25) is 0 Å². The average molecular weight is 290 g/mol. The molecule has 0 saturated heterocycles. The Hall–Kier alpha value is -3.01. The molecular weight excluding hydrogens is 276 g/mol. The number of imidazole rings is 1. The number of nitrogens with zero attached hydrogens (tertiary/aromatic N) is 1. The summed E-state index contributed by atoms with van der Waals surface area (Å²) in [6, 6.07) is 15.7. The van der Waals surface area contributed by atoms with E-state index in [1.807, 2.05) is 36.4 Å². The van der Waals surface area contributed by atoms with Crippen molar-refractivity contribution in [3.8, 4) is 34.3 Å². The molecule has 0 bridgehead atoms. The van der Waals surface area contributed by atoms with Gasteiger partial charge in [-0.1, -0.05) is 29.8 Å². The van der Waals surface area contributed by atoms with Crippen molar-refractivity contribution in [2.45, 2.75) is 6.92 Å². The second kappa shape index (κ2) is 5.07. The van der Waals surface area contributed by atoms with E-state index < -0.39 is 0 Å². The summed E-state index contributed by atoms with van der Waals surface area (Å²) in [5.74, 6) is 2.23. The van der Waals surface area contributed by atoms with Gasteiger partial charge in [0.25, 0.3) is 0 Å². The van der Waals surface area contributed by atoms with Gasteiger partial charge in [-0.2, -0.15) is 0 Å². The van der Waals surface area contributed by atoms with Gasteiger partial charge in [-0.05, 0) is 31.2 Å². The zero-order chi connectivity index (χ0) is 14.9. The average Bonchev–Trinajstić information content (AvgIpc) is 3.27. The van der Waals surface area contributed by atoms with E-state index in [4.69, 9.17) is 13.8 Å². The van der Waals surface area contributed by atoms with E-state index in [0.717, 1.165) is 28.5 Å². The van der Waals surface area contributed by atoms with Crippen molar-refractivity contribution in [3.05, 3.63) is 66.6 Å². The van der Waals surface area contributed by atoms with Crippen LogP contribution >= 0.6 is 0 Å². The van der Waals surface area contributed by atoms with Crippen LogP contribution in [0.5, 0.6) is 0 Å². The molecule has 0 fully saturated rings. The lowest BCUT2D eigenvalue weighted by Crippen LogP contribution is -1.81. The number of benzene rings is 1. The maximum Gasteiger partial charge on any atom is 0.154 e. The Morgan fingerprint density at radius 2 is 1.55 bits per heavy atom. The second-order valence-corrected chi connectivity index (χ2v) is 5.13. The van der Waals surface area contributed by atoms with Gasteiger partial charge in [0.05, 0.1) is 12.5 Å². The highest BCUT2D eigenvalue weighted by Gasteiger charge is 2.18. The van der Waals surface area contributed by atoms with Gasteiger partial charge in [0.15, 0.2) is 11.5 Å². The number of rotatable bonds is 3. The number of hydrogen-bond acceptors (Lipinski definition) is 3. The lowest BCUT2D eigenvalue weighted by atomic mass is 10.1. The van der Waals surface area contributed by atoms with E-state index in [2.05, 4.69) is 24.0 Å². The van der Waals surface area contributed by atoms with Crippen molar-refractivity contribution in [3.63, 3.8) is 0 Å². The molecule has 4 rings (SSSR count). The highest BCUT2D eigenvalue weighted by atomic mass is 16.3. The molecule has 4 aromatic rings. The molecule has 0 aliphatic rings. The fourth-order valence-corrected chi connectivity index (χ4v) is 2.41. The number of furan rings is 2. The van der Waals surface area contributed by atoms with Crippen molar-refractivity contribution < 1.29 is 8.83 Å². The van der Waals surface area contributed by atoms with Crippen LogP contribution < -0.4 is 0 Å². The molecule has 1 aromatic carbocycles. The number of H-pyrrole nitrogens is 1. The fraction of sp³-hybridized carbons (Fsp3) is 0.0556.